The van der Waals surface area contributed by atoms with E-state index < -0.39 is 42.1 Å². The summed E-state index contributed by atoms with van der Waals surface area (Å²) in [6.07, 6.45) is 26.9. The standard InChI is InChI=1S/C55H97N9O11/c1-8-12-16-20-22-26-30-46(28-24-18-14-10-3)73-50(66)39-61-36-44(56-58-61)41-71-52-48(38-60(5)6)75-54(63-33-32-49(65)64(55(63)68)43-70-35-34-69-7)53(52)72-42-45-37-62(59-57-45)40-51(67)74-47(29-25-19-15-11-4)31-27-23-21-17-13-9-2/h32-33,36-37,46-48,51-54,67H,8-31,34-35,38-43H2,1-7H3/t46?,47?,48-,51?,52-,53-,54-/m1/s1. The van der Waals surface area contributed by atoms with Crippen LogP contribution < -0.4 is 11.2 Å². The van der Waals surface area contributed by atoms with Crippen molar-refractivity contribution in [3.8, 4) is 0 Å². The minimum absolute atomic E-state index is 0.0219. The molecule has 1 aliphatic rings. The summed E-state index contributed by atoms with van der Waals surface area (Å²) in [6.45, 7) is 9.31. The molecule has 1 N–H and O–H groups in total. The van der Waals surface area contributed by atoms with Crippen molar-refractivity contribution in [3.63, 3.8) is 0 Å². The van der Waals surface area contributed by atoms with Crippen LogP contribution in [0, 0.1) is 0 Å². The van der Waals surface area contributed by atoms with Crippen LogP contribution in [0.15, 0.2) is 34.2 Å². The van der Waals surface area contributed by atoms with E-state index in [1.807, 2.05) is 19.0 Å². The highest BCUT2D eigenvalue weighted by atomic mass is 16.6. The number of hydrogen-bond donors (Lipinski definition) is 1. The molecule has 4 rings (SSSR count). The van der Waals surface area contributed by atoms with Crippen LogP contribution in [0.5, 0.6) is 0 Å². The first-order chi connectivity index (χ1) is 36.5. The van der Waals surface area contributed by atoms with Crippen molar-refractivity contribution < 1.29 is 43.1 Å². The van der Waals surface area contributed by atoms with Crippen molar-refractivity contribution in [1.82, 2.24) is 44.0 Å². The second kappa shape index (κ2) is 37.8. The maximum atomic E-state index is 14.1. The van der Waals surface area contributed by atoms with Gasteiger partial charge < -0.3 is 43.2 Å². The predicted octanol–water partition coefficient (Wildman–Crippen LogP) is 8.50. The Labute approximate surface area is 447 Å². The maximum Gasteiger partial charge on any atom is 0.335 e. The number of nitrogens with zero attached hydrogens (tertiary/aromatic N) is 9. The molecule has 0 aliphatic carbocycles. The zero-order valence-electron chi connectivity index (χ0n) is 47.0. The van der Waals surface area contributed by atoms with Crippen LogP contribution in [0.4, 0.5) is 0 Å². The third-order valence-electron chi connectivity index (χ3n) is 13.7. The van der Waals surface area contributed by atoms with E-state index in [1.165, 1.54) is 92.8 Å². The number of aliphatic hydroxyl groups excluding tert-OH is 1. The first-order valence-electron chi connectivity index (χ1n) is 28.7. The summed E-state index contributed by atoms with van der Waals surface area (Å²) in [4.78, 5) is 42.4. The Morgan fingerprint density at radius 1 is 0.707 bits per heavy atom. The third kappa shape index (κ3) is 24.5. The molecule has 7 atom stereocenters. The molecular formula is C55H97N9O11. The average Bonchev–Trinajstić information content (AvgIpc) is 4.12. The SMILES string of the molecule is CCCCCCCCC(CCCCCC)OC(=O)Cn1cc(CO[C@H]2[C@@H](OCc3cn(CC(O)OC(CCCCCC)CCCCCCCC)nn3)[C@H](n3ccc(=O)n(COCCOC)c3=O)O[C@@H]2CN(C)C)nn1. The first-order valence-corrected chi connectivity index (χ1v) is 28.7. The highest BCUT2D eigenvalue weighted by Crippen LogP contribution is 2.34. The van der Waals surface area contributed by atoms with Gasteiger partial charge in [-0.2, -0.15) is 0 Å². The number of aliphatic hydroxyl groups is 1. The number of ether oxygens (including phenoxy) is 7. The monoisotopic (exact) mass is 1060 g/mol. The van der Waals surface area contributed by atoms with E-state index in [4.69, 9.17) is 33.2 Å². The maximum absolute atomic E-state index is 14.1. The van der Waals surface area contributed by atoms with E-state index >= 15 is 0 Å². The van der Waals surface area contributed by atoms with E-state index in [0.717, 1.165) is 94.5 Å². The second-order valence-electron chi connectivity index (χ2n) is 20.7. The second-order valence-corrected chi connectivity index (χ2v) is 20.7. The summed E-state index contributed by atoms with van der Waals surface area (Å²) in [6, 6.07) is 1.28. The Kier molecular flexibility index (Phi) is 32.1. The number of carbonyl (C=O) groups excluding carboxylic acids is 1. The van der Waals surface area contributed by atoms with E-state index in [0.29, 0.717) is 17.9 Å². The Morgan fingerprint density at radius 2 is 1.23 bits per heavy atom. The summed E-state index contributed by atoms with van der Waals surface area (Å²) in [7, 11) is 5.35. The molecule has 0 saturated carbocycles. The molecule has 1 fully saturated rings. The molecule has 4 heterocycles. The van der Waals surface area contributed by atoms with Gasteiger partial charge in [-0.05, 0) is 52.6 Å². The zero-order valence-corrected chi connectivity index (χ0v) is 47.0. The van der Waals surface area contributed by atoms with Crippen molar-refractivity contribution in [2.24, 2.45) is 0 Å². The number of aromatic nitrogens is 8. The van der Waals surface area contributed by atoms with Gasteiger partial charge in [0.15, 0.2) is 12.5 Å². The lowest BCUT2D eigenvalue weighted by Crippen LogP contribution is -2.44. The van der Waals surface area contributed by atoms with E-state index in [1.54, 1.807) is 17.1 Å². The van der Waals surface area contributed by atoms with Crippen LogP contribution in [0.3, 0.4) is 0 Å². The van der Waals surface area contributed by atoms with Gasteiger partial charge in [0.05, 0.1) is 51.5 Å². The molecule has 0 spiro atoms. The first kappa shape index (κ1) is 63.6. The molecule has 0 amide bonds. The highest BCUT2D eigenvalue weighted by molar-refractivity contribution is 5.69. The normalized spacial score (nSPS) is 18.0. The largest absolute Gasteiger partial charge is 0.461 e. The van der Waals surface area contributed by atoms with Gasteiger partial charge in [-0.3, -0.25) is 14.2 Å². The van der Waals surface area contributed by atoms with Gasteiger partial charge in [0.1, 0.15) is 49.1 Å². The van der Waals surface area contributed by atoms with E-state index in [2.05, 4.69) is 48.3 Å². The zero-order chi connectivity index (χ0) is 54.0. The Hall–Kier alpha value is -3.89. The van der Waals surface area contributed by atoms with Crippen molar-refractivity contribution >= 4 is 5.97 Å². The topological polar surface area (TPSA) is 211 Å². The van der Waals surface area contributed by atoms with Crippen molar-refractivity contribution in [1.29, 1.82) is 0 Å². The molecule has 0 aromatic carbocycles. The Balaban J connectivity index is 1.50. The number of methoxy groups -OCH3 is 1. The van der Waals surface area contributed by atoms with Gasteiger partial charge in [0, 0.05) is 25.9 Å². The third-order valence-corrected chi connectivity index (χ3v) is 13.7. The summed E-state index contributed by atoms with van der Waals surface area (Å²) < 4.78 is 48.2. The lowest BCUT2D eigenvalue weighted by atomic mass is 10.0. The highest BCUT2D eigenvalue weighted by Gasteiger charge is 2.48. The summed E-state index contributed by atoms with van der Waals surface area (Å²) in [5.74, 6) is -0.356. The fourth-order valence-electron chi connectivity index (χ4n) is 9.52. The van der Waals surface area contributed by atoms with Crippen molar-refractivity contribution in [2.45, 2.75) is 258 Å². The molecular weight excluding hydrogens is 963 g/mol. The molecule has 75 heavy (non-hydrogen) atoms. The Morgan fingerprint density at radius 3 is 1.80 bits per heavy atom. The minimum Gasteiger partial charge on any atom is -0.461 e. The quantitative estimate of drug-likeness (QED) is 0.0319. The molecule has 1 saturated heterocycles. The lowest BCUT2D eigenvalue weighted by molar-refractivity contribution is -0.151. The molecule has 0 bridgehead atoms. The van der Waals surface area contributed by atoms with Gasteiger partial charge in [-0.1, -0.05) is 154 Å². The summed E-state index contributed by atoms with van der Waals surface area (Å²) in [5.41, 5.74) is -0.266. The van der Waals surface area contributed by atoms with E-state index in [-0.39, 0.29) is 64.4 Å². The number of esters is 1. The van der Waals surface area contributed by atoms with Crippen LogP contribution in [0.2, 0.25) is 0 Å². The van der Waals surface area contributed by atoms with Crippen LogP contribution in [0.25, 0.3) is 0 Å². The van der Waals surface area contributed by atoms with Gasteiger partial charge >= 0.3 is 11.7 Å². The van der Waals surface area contributed by atoms with Gasteiger partial charge in [0.2, 0.25) is 0 Å². The van der Waals surface area contributed by atoms with Crippen molar-refractivity contribution in [2.75, 3.05) is 41.0 Å². The molecule has 20 heteroatoms. The molecule has 428 valence electrons. The van der Waals surface area contributed by atoms with Crippen LogP contribution in [0.1, 0.15) is 199 Å². The van der Waals surface area contributed by atoms with Crippen LogP contribution >= 0.6 is 0 Å². The van der Waals surface area contributed by atoms with Gasteiger partial charge in [-0.15, -0.1) is 10.2 Å². The summed E-state index contributed by atoms with van der Waals surface area (Å²) >= 11 is 0. The van der Waals surface area contributed by atoms with Gasteiger partial charge in [0.25, 0.3) is 5.56 Å². The molecule has 3 aromatic rings. The average molecular weight is 1060 g/mol. The number of rotatable bonds is 45. The van der Waals surface area contributed by atoms with E-state index in [9.17, 15) is 19.5 Å². The number of carbonyl (C=O) groups is 1. The number of unbranched alkanes of at least 4 members (excludes halogenated alkanes) is 16. The van der Waals surface area contributed by atoms with Gasteiger partial charge in [-0.25, -0.2) is 18.7 Å². The molecule has 3 aromatic heterocycles. The number of likely N-dealkylation sites (N-methyl/N-ethyl adjacent to an activating group) is 1. The lowest BCUT2D eigenvalue weighted by Gasteiger charge is -2.26. The minimum atomic E-state index is -1.08. The fraction of sp³-hybridized carbons (Fsp3) is 0.836. The fourth-order valence-corrected chi connectivity index (χ4v) is 9.52. The van der Waals surface area contributed by atoms with Crippen LogP contribution in [-0.4, -0.2) is 133 Å². The van der Waals surface area contributed by atoms with Crippen molar-refractivity contribution in [3.05, 3.63) is 56.9 Å². The molecule has 0 radical (unpaired) electrons. The molecule has 3 unspecified atom stereocenters. The number of hydrogen-bond acceptors (Lipinski definition) is 16. The smallest absolute Gasteiger partial charge is 0.335 e. The molecule has 20 nitrogen and oxygen atoms in total. The Bertz CT molecular complexity index is 2060. The summed E-state index contributed by atoms with van der Waals surface area (Å²) in [5, 5.41) is 28.4. The van der Waals surface area contributed by atoms with Crippen LogP contribution in [-0.2, 0) is 71.0 Å². The molecule has 1 aliphatic heterocycles. The predicted molar refractivity (Wildman–Crippen MR) is 287 cm³/mol.